The molecule has 130 valence electrons. The first-order valence-corrected chi connectivity index (χ1v) is 8.78. The highest BCUT2D eigenvalue weighted by Gasteiger charge is 2.13. The molecule has 0 amide bonds. The van der Waals surface area contributed by atoms with Crippen molar-refractivity contribution < 1.29 is 4.74 Å². The van der Waals surface area contributed by atoms with E-state index in [9.17, 15) is 0 Å². The second-order valence-electron chi connectivity index (χ2n) is 5.99. The predicted octanol–water partition coefficient (Wildman–Crippen LogP) is 4.41. The van der Waals surface area contributed by atoms with Crippen LogP contribution in [0.4, 0.5) is 11.8 Å². The summed E-state index contributed by atoms with van der Waals surface area (Å²) in [5.74, 6) is 1.59. The van der Waals surface area contributed by atoms with Crippen LogP contribution in [0.2, 0.25) is 0 Å². The van der Waals surface area contributed by atoms with Crippen LogP contribution in [0.1, 0.15) is 51.5 Å². The number of benzene rings is 1. The van der Waals surface area contributed by atoms with Crippen LogP contribution in [0.3, 0.4) is 0 Å². The smallest absolute Gasteiger partial charge is 0.222 e. The minimum absolute atomic E-state index is 0.260. The Morgan fingerprint density at radius 3 is 2.62 bits per heavy atom. The number of rotatable bonds is 10. The van der Waals surface area contributed by atoms with Crippen molar-refractivity contribution in [3.05, 3.63) is 42.1 Å². The van der Waals surface area contributed by atoms with Gasteiger partial charge in [-0.1, -0.05) is 63.4 Å². The summed E-state index contributed by atoms with van der Waals surface area (Å²) in [6, 6.07) is 10.4. The quantitative estimate of drug-likeness (QED) is 0.676. The molecule has 0 saturated heterocycles. The molecule has 0 bridgehead atoms. The predicted molar refractivity (Wildman–Crippen MR) is 99.1 cm³/mol. The van der Waals surface area contributed by atoms with Crippen LogP contribution >= 0.6 is 0 Å². The van der Waals surface area contributed by atoms with Crippen molar-refractivity contribution in [2.45, 2.75) is 58.6 Å². The summed E-state index contributed by atoms with van der Waals surface area (Å²) < 4.78 is 5.92. The molecule has 2 rings (SSSR count). The van der Waals surface area contributed by atoms with E-state index in [4.69, 9.17) is 10.5 Å². The first-order chi connectivity index (χ1) is 11.7. The molecule has 1 atom stereocenters. The number of nitrogens with one attached hydrogen (secondary N) is 1. The van der Waals surface area contributed by atoms with Crippen molar-refractivity contribution >= 4 is 11.8 Å². The Kier molecular flexibility index (Phi) is 7.33. The van der Waals surface area contributed by atoms with Gasteiger partial charge in [0.1, 0.15) is 6.61 Å². The van der Waals surface area contributed by atoms with Crippen LogP contribution in [-0.2, 0) is 6.61 Å². The number of hydrogen-bond acceptors (Lipinski definition) is 5. The zero-order valence-electron chi connectivity index (χ0n) is 14.7. The molecule has 1 aromatic carbocycles. The van der Waals surface area contributed by atoms with E-state index >= 15 is 0 Å². The molecule has 0 aliphatic rings. The minimum atomic E-state index is 0.260. The number of ether oxygens (including phenoxy) is 1. The summed E-state index contributed by atoms with van der Waals surface area (Å²) in [5.41, 5.74) is 6.87. The van der Waals surface area contributed by atoms with E-state index in [-0.39, 0.29) is 5.95 Å². The van der Waals surface area contributed by atoms with Crippen LogP contribution < -0.4 is 15.8 Å². The number of aromatic nitrogens is 2. The zero-order valence-corrected chi connectivity index (χ0v) is 14.7. The molecule has 0 aliphatic carbocycles. The Labute approximate surface area is 144 Å². The zero-order chi connectivity index (χ0) is 17.2. The molecule has 3 N–H and O–H groups in total. The maximum atomic E-state index is 5.92. The molecule has 0 saturated carbocycles. The van der Waals surface area contributed by atoms with E-state index in [2.05, 4.69) is 29.1 Å². The standard InChI is InChI=1S/C19H28N4O/c1-3-5-12-16(9-4-2)22-18-17(13-21-19(20)23-18)24-14-15-10-7-6-8-11-15/h6-8,10-11,13,16H,3-5,9,12,14H2,1-2H3,(H3,20,21,22,23). The van der Waals surface area contributed by atoms with Gasteiger partial charge < -0.3 is 15.8 Å². The molecule has 1 heterocycles. The molecular formula is C19H28N4O. The van der Waals surface area contributed by atoms with Gasteiger partial charge in [-0.3, -0.25) is 0 Å². The summed E-state index contributed by atoms with van der Waals surface area (Å²) in [6.45, 7) is 4.89. The van der Waals surface area contributed by atoms with Gasteiger partial charge in [0.2, 0.25) is 5.95 Å². The third-order valence-corrected chi connectivity index (χ3v) is 3.90. The molecule has 1 aromatic heterocycles. The second-order valence-corrected chi connectivity index (χ2v) is 5.99. The molecule has 0 aliphatic heterocycles. The summed E-state index contributed by atoms with van der Waals surface area (Å²) in [7, 11) is 0. The van der Waals surface area contributed by atoms with Crippen LogP contribution in [0.15, 0.2) is 36.5 Å². The average Bonchev–Trinajstić information content (AvgIpc) is 2.60. The molecular weight excluding hydrogens is 300 g/mol. The van der Waals surface area contributed by atoms with Crippen LogP contribution in [-0.4, -0.2) is 16.0 Å². The number of nitrogens with zero attached hydrogens (tertiary/aromatic N) is 2. The summed E-state index contributed by atoms with van der Waals surface area (Å²) in [4.78, 5) is 8.42. The summed E-state index contributed by atoms with van der Waals surface area (Å²) in [5, 5.41) is 3.50. The lowest BCUT2D eigenvalue weighted by molar-refractivity contribution is 0.305. The Morgan fingerprint density at radius 1 is 1.12 bits per heavy atom. The SMILES string of the molecule is CCCCC(CCC)Nc1nc(N)ncc1OCc1ccccc1. The molecule has 0 radical (unpaired) electrons. The van der Waals surface area contributed by atoms with E-state index in [1.54, 1.807) is 6.20 Å². The van der Waals surface area contributed by atoms with Crippen molar-refractivity contribution in [2.75, 3.05) is 11.1 Å². The number of nitrogen functional groups attached to an aromatic ring is 1. The third-order valence-electron chi connectivity index (χ3n) is 3.90. The number of unbranched alkanes of at least 4 members (excludes halogenated alkanes) is 1. The van der Waals surface area contributed by atoms with Crippen molar-refractivity contribution in [2.24, 2.45) is 0 Å². The van der Waals surface area contributed by atoms with Gasteiger partial charge in [0.25, 0.3) is 0 Å². The van der Waals surface area contributed by atoms with Gasteiger partial charge in [-0.05, 0) is 18.4 Å². The Hall–Kier alpha value is -2.30. The Morgan fingerprint density at radius 2 is 1.92 bits per heavy atom. The normalized spacial score (nSPS) is 11.9. The highest BCUT2D eigenvalue weighted by atomic mass is 16.5. The minimum Gasteiger partial charge on any atom is -0.483 e. The fraction of sp³-hybridized carbons (Fsp3) is 0.474. The molecule has 2 aromatic rings. The van der Waals surface area contributed by atoms with Gasteiger partial charge in [0.05, 0.1) is 6.20 Å². The van der Waals surface area contributed by atoms with Gasteiger partial charge in [-0.25, -0.2) is 4.98 Å². The molecule has 5 heteroatoms. The lowest BCUT2D eigenvalue weighted by Gasteiger charge is -2.20. The third kappa shape index (κ3) is 5.72. The number of anilines is 2. The van der Waals surface area contributed by atoms with Gasteiger partial charge in [0.15, 0.2) is 11.6 Å². The first kappa shape index (κ1) is 18.0. The number of nitrogens with two attached hydrogens (primary N) is 1. The van der Waals surface area contributed by atoms with Crippen LogP contribution in [0.25, 0.3) is 0 Å². The molecule has 5 nitrogen and oxygen atoms in total. The molecule has 0 fully saturated rings. The van der Waals surface area contributed by atoms with Crippen molar-refractivity contribution in [1.29, 1.82) is 0 Å². The van der Waals surface area contributed by atoms with Gasteiger partial charge in [0, 0.05) is 6.04 Å². The maximum absolute atomic E-state index is 5.92. The summed E-state index contributed by atoms with van der Waals surface area (Å²) >= 11 is 0. The van der Waals surface area contributed by atoms with Crippen molar-refractivity contribution in [3.63, 3.8) is 0 Å². The highest BCUT2D eigenvalue weighted by molar-refractivity contribution is 5.51. The fourth-order valence-electron chi connectivity index (χ4n) is 2.61. The van der Waals surface area contributed by atoms with E-state index in [0.717, 1.165) is 24.8 Å². The second kappa shape index (κ2) is 9.75. The van der Waals surface area contributed by atoms with Gasteiger partial charge in [-0.15, -0.1) is 0 Å². The van der Waals surface area contributed by atoms with E-state index < -0.39 is 0 Å². The molecule has 24 heavy (non-hydrogen) atoms. The van der Waals surface area contributed by atoms with E-state index in [0.29, 0.717) is 24.2 Å². The van der Waals surface area contributed by atoms with Gasteiger partial charge in [-0.2, -0.15) is 4.98 Å². The van der Waals surface area contributed by atoms with Crippen molar-refractivity contribution in [3.8, 4) is 5.75 Å². The van der Waals surface area contributed by atoms with E-state index in [1.165, 1.54) is 12.8 Å². The maximum Gasteiger partial charge on any atom is 0.222 e. The summed E-state index contributed by atoms with van der Waals surface area (Å²) in [6.07, 6.45) is 7.37. The highest BCUT2D eigenvalue weighted by Crippen LogP contribution is 2.25. The molecule has 0 spiro atoms. The molecule has 1 unspecified atom stereocenters. The fourth-order valence-corrected chi connectivity index (χ4v) is 2.61. The topological polar surface area (TPSA) is 73.1 Å². The van der Waals surface area contributed by atoms with E-state index in [1.807, 2.05) is 30.3 Å². The lowest BCUT2D eigenvalue weighted by atomic mass is 10.1. The Balaban J connectivity index is 2.08. The lowest BCUT2D eigenvalue weighted by Crippen LogP contribution is -2.21. The van der Waals surface area contributed by atoms with Crippen LogP contribution in [0.5, 0.6) is 5.75 Å². The monoisotopic (exact) mass is 328 g/mol. The van der Waals surface area contributed by atoms with Gasteiger partial charge >= 0.3 is 0 Å². The first-order valence-electron chi connectivity index (χ1n) is 8.78. The van der Waals surface area contributed by atoms with Crippen molar-refractivity contribution in [1.82, 2.24) is 9.97 Å². The number of hydrogen-bond donors (Lipinski definition) is 2. The average molecular weight is 328 g/mol. The Bertz CT molecular complexity index is 604. The largest absolute Gasteiger partial charge is 0.483 e. The van der Waals surface area contributed by atoms with Crippen LogP contribution in [0, 0.1) is 0 Å².